The van der Waals surface area contributed by atoms with Gasteiger partial charge in [0, 0.05) is 13.1 Å². The van der Waals surface area contributed by atoms with Crippen molar-refractivity contribution in [2.24, 2.45) is 0 Å². The van der Waals surface area contributed by atoms with Crippen LogP contribution < -0.4 is 17.1 Å². The van der Waals surface area contributed by atoms with Crippen LogP contribution >= 0.6 is 0 Å². The molecule has 3 saturated heterocycles. The smallest absolute Gasteiger partial charge is 0.337 e. The molecule has 150 valence electrons. The third kappa shape index (κ3) is 3.78. The number of epoxide rings is 2. The lowest BCUT2D eigenvalue weighted by Gasteiger charge is -2.36. The zero-order chi connectivity index (χ0) is 19.1. The number of morpholine rings is 1. The highest BCUT2D eigenvalue weighted by Gasteiger charge is 2.34. The Labute approximate surface area is 154 Å². The molecule has 0 spiro atoms. The van der Waals surface area contributed by atoms with Gasteiger partial charge in [0.15, 0.2) is 0 Å². The first-order valence-electron chi connectivity index (χ1n) is 9.16. The highest BCUT2D eigenvalue weighted by Crippen LogP contribution is 2.17. The van der Waals surface area contributed by atoms with E-state index in [-0.39, 0.29) is 25.3 Å². The molecule has 0 amide bonds. The largest absolute Gasteiger partial charge is 0.390 e. The summed E-state index contributed by atoms with van der Waals surface area (Å²) < 4.78 is 18.7. The van der Waals surface area contributed by atoms with Crippen LogP contribution in [0.2, 0.25) is 0 Å². The summed E-state index contributed by atoms with van der Waals surface area (Å²) in [6.07, 6.45) is -2.30. The van der Waals surface area contributed by atoms with Gasteiger partial charge in [0.2, 0.25) is 0 Å². The molecule has 0 radical (unpaired) electrons. The fraction of sp³-hybridized carbons (Fsp3) is 0.812. The van der Waals surface area contributed by atoms with Crippen LogP contribution in [-0.2, 0) is 27.3 Å². The average molecular weight is 384 g/mol. The van der Waals surface area contributed by atoms with Gasteiger partial charge in [-0.2, -0.15) is 0 Å². The second kappa shape index (κ2) is 7.32. The van der Waals surface area contributed by atoms with Crippen LogP contribution in [0.1, 0.15) is 13.1 Å². The normalized spacial score (nSPS) is 27.3. The number of aliphatic hydroxyl groups excluding tert-OH is 1. The van der Waals surface area contributed by atoms with E-state index in [4.69, 9.17) is 14.2 Å². The SMILES string of the molecule is CC(O)C(N1CCOCC1)n1c(=O)n(CC2CO2)c(=O)n(CC2CO2)c1=O. The molecule has 3 aliphatic rings. The van der Waals surface area contributed by atoms with E-state index in [0.29, 0.717) is 39.5 Å². The van der Waals surface area contributed by atoms with Gasteiger partial charge in [-0.25, -0.2) is 28.1 Å². The standard InChI is InChI=1S/C16H24N4O7/c1-10(21)13(17-2-4-25-5-3-17)20-15(23)18(6-11-8-26-11)14(22)19(16(20)24)7-12-9-27-12/h10-13,21H,2-9H2,1H3. The van der Waals surface area contributed by atoms with E-state index in [1.54, 1.807) is 0 Å². The monoisotopic (exact) mass is 384 g/mol. The molecule has 0 aromatic carbocycles. The second-order valence-electron chi connectivity index (χ2n) is 7.15. The molecule has 4 atom stereocenters. The lowest BCUT2D eigenvalue weighted by atomic mass is 10.2. The van der Waals surface area contributed by atoms with Gasteiger partial charge >= 0.3 is 17.1 Å². The number of ether oxygens (including phenoxy) is 3. The Morgan fingerprint density at radius 1 is 0.963 bits per heavy atom. The summed E-state index contributed by atoms with van der Waals surface area (Å²) >= 11 is 0. The van der Waals surface area contributed by atoms with Crippen LogP contribution in [0.3, 0.4) is 0 Å². The lowest BCUT2D eigenvalue weighted by Crippen LogP contribution is -2.60. The summed E-state index contributed by atoms with van der Waals surface area (Å²) in [5.74, 6) is 0. The fourth-order valence-electron chi connectivity index (χ4n) is 3.47. The Morgan fingerprint density at radius 3 is 1.85 bits per heavy atom. The molecule has 1 aromatic rings. The lowest BCUT2D eigenvalue weighted by molar-refractivity contribution is -0.0483. The molecular formula is C16H24N4O7. The van der Waals surface area contributed by atoms with Crippen molar-refractivity contribution in [3.05, 3.63) is 31.5 Å². The zero-order valence-corrected chi connectivity index (χ0v) is 15.2. The molecule has 3 fully saturated rings. The third-order valence-electron chi connectivity index (χ3n) is 5.03. The Bertz CT molecular complexity index is 807. The average Bonchev–Trinajstić information content (AvgIpc) is 3.55. The predicted molar refractivity (Wildman–Crippen MR) is 91.8 cm³/mol. The molecule has 4 unspecified atom stereocenters. The minimum absolute atomic E-state index is 0.0825. The van der Waals surface area contributed by atoms with Crippen molar-refractivity contribution in [3.63, 3.8) is 0 Å². The number of hydrogen-bond donors (Lipinski definition) is 1. The van der Waals surface area contributed by atoms with Gasteiger partial charge in [-0.3, -0.25) is 4.90 Å². The second-order valence-corrected chi connectivity index (χ2v) is 7.15. The summed E-state index contributed by atoms with van der Waals surface area (Å²) in [6, 6.07) is 0. The van der Waals surface area contributed by atoms with Gasteiger partial charge in [0.25, 0.3) is 0 Å². The van der Waals surface area contributed by atoms with E-state index >= 15 is 0 Å². The maximum absolute atomic E-state index is 13.1. The molecule has 1 aromatic heterocycles. The first-order valence-corrected chi connectivity index (χ1v) is 9.16. The van der Waals surface area contributed by atoms with E-state index in [0.717, 1.165) is 13.7 Å². The first-order chi connectivity index (χ1) is 13.0. The van der Waals surface area contributed by atoms with Gasteiger partial charge in [-0.05, 0) is 6.92 Å². The number of rotatable bonds is 7. The number of hydrogen-bond acceptors (Lipinski definition) is 8. The Hall–Kier alpha value is -1.79. The Balaban J connectivity index is 1.84. The molecule has 11 heteroatoms. The molecule has 3 aliphatic heterocycles. The van der Waals surface area contributed by atoms with E-state index in [1.165, 1.54) is 6.92 Å². The third-order valence-corrected chi connectivity index (χ3v) is 5.03. The summed E-state index contributed by atoms with van der Waals surface area (Å²) in [5, 5.41) is 10.4. The molecule has 1 N–H and O–H groups in total. The first kappa shape index (κ1) is 18.6. The van der Waals surface area contributed by atoms with Crippen LogP contribution in [0.4, 0.5) is 0 Å². The highest BCUT2D eigenvalue weighted by molar-refractivity contribution is 4.89. The van der Waals surface area contributed by atoms with E-state index in [2.05, 4.69) is 0 Å². The summed E-state index contributed by atoms with van der Waals surface area (Å²) in [6.45, 7) is 4.46. The van der Waals surface area contributed by atoms with Crippen LogP contribution in [0.5, 0.6) is 0 Å². The predicted octanol–water partition coefficient (Wildman–Crippen LogP) is -2.82. The van der Waals surface area contributed by atoms with Crippen molar-refractivity contribution in [1.82, 2.24) is 18.6 Å². The Morgan fingerprint density at radius 2 is 1.44 bits per heavy atom. The number of aliphatic hydroxyl groups is 1. The molecule has 27 heavy (non-hydrogen) atoms. The maximum atomic E-state index is 13.1. The minimum atomic E-state index is -0.998. The van der Waals surface area contributed by atoms with Crippen LogP contribution in [-0.4, -0.2) is 81.5 Å². The van der Waals surface area contributed by atoms with Crippen LogP contribution in [0, 0.1) is 0 Å². The van der Waals surface area contributed by atoms with Crippen molar-refractivity contribution < 1.29 is 19.3 Å². The van der Waals surface area contributed by atoms with E-state index in [1.807, 2.05) is 4.90 Å². The molecule has 4 rings (SSSR count). The molecule has 0 aliphatic carbocycles. The fourth-order valence-corrected chi connectivity index (χ4v) is 3.47. The Kier molecular flexibility index (Phi) is 5.03. The van der Waals surface area contributed by atoms with Gasteiger partial charge in [-0.15, -0.1) is 0 Å². The molecular weight excluding hydrogens is 360 g/mol. The molecule has 4 heterocycles. The van der Waals surface area contributed by atoms with Crippen molar-refractivity contribution in [1.29, 1.82) is 0 Å². The zero-order valence-electron chi connectivity index (χ0n) is 15.2. The van der Waals surface area contributed by atoms with Gasteiger partial charge in [0.05, 0.1) is 57.8 Å². The van der Waals surface area contributed by atoms with E-state index in [9.17, 15) is 19.5 Å². The number of aromatic nitrogens is 3. The molecule has 0 bridgehead atoms. The molecule has 11 nitrogen and oxygen atoms in total. The highest BCUT2D eigenvalue weighted by atomic mass is 16.6. The summed E-state index contributed by atoms with van der Waals surface area (Å²) in [5.41, 5.74) is -2.13. The van der Waals surface area contributed by atoms with Gasteiger partial charge in [0.1, 0.15) is 6.17 Å². The molecule has 0 saturated carbocycles. The topological polar surface area (TPSA) is 124 Å². The van der Waals surface area contributed by atoms with Crippen LogP contribution in [0.15, 0.2) is 14.4 Å². The summed E-state index contributed by atoms with van der Waals surface area (Å²) in [4.78, 5) is 40.7. The number of nitrogens with zero attached hydrogens (tertiary/aromatic N) is 4. The van der Waals surface area contributed by atoms with Crippen molar-refractivity contribution in [2.45, 2.75) is 44.5 Å². The van der Waals surface area contributed by atoms with E-state index < -0.39 is 29.3 Å². The maximum Gasteiger partial charge on any atom is 0.337 e. The van der Waals surface area contributed by atoms with Crippen LogP contribution in [0.25, 0.3) is 0 Å². The van der Waals surface area contributed by atoms with Crippen molar-refractivity contribution in [3.8, 4) is 0 Å². The van der Waals surface area contributed by atoms with Gasteiger partial charge in [-0.1, -0.05) is 0 Å². The minimum Gasteiger partial charge on any atom is -0.390 e. The van der Waals surface area contributed by atoms with Gasteiger partial charge < -0.3 is 19.3 Å². The quantitative estimate of drug-likeness (QED) is 0.500. The van der Waals surface area contributed by atoms with Crippen molar-refractivity contribution >= 4 is 0 Å². The van der Waals surface area contributed by atoms with Crippen molar-refractivity contribution in [2.75, 3.05) is 39.5 Å². The summed E-state index contributed by atoms with van der Waals surface area (Å²) in [7, 11) is 0.